The van der Waals surface area contributed by atoms with Crippen LogP contribution >= 0.6 is 35.8 Å². The van der Waals surface area contributed by atoms with E-state index < -0.39 is 5.79 Å². The molecule has 1 aromatic carbocycles. The highest BCUT2D eigenvalue weighted by Gasteiger charge is 2.41. The van der Waals surface area contributed by atoms with Gasteiger partial charge in [0.15, 0.2) is 5.79 Å². The predicted molar refractivity (Wildman–Crippen MR) is 101 cm³/mol. The Balaban J connectivity index is 0.00000225. The van der Waals surface area contributed by atoms with Crippen LogP contribution in [0.2, 0.25) is 5.02 Å². The number of ether oxygens (including phenoxy) is 2. The Hall–Kier alpha value is -1.23. The zero-order valence-electron chi connectivity index (χ0n) is 13.5. The first-order valence-corrected chi connectivity index (χ1v) is 9.08. The Morgan fingerprint density at radius 2 is 2.20 bits per heavy atom. The average molecular weight is 400 g/mol. The van der Waals surface area contributed by atoms with Crippen molar-refractivity contribution in [2.45, 2.75) is 31.3 Å². The number of aryl methyl sites for hydroxylation is 1. The van der Waals surface area contributed by atoms with Gasteiger partial charge in [-0.25, -0.2) is 4.98 Å². The first-order valence-electron chi connectivity index (χ1n) is 7.72. The van der Waals surface area contributed by atoms with Crippen LogP contribution in [-0.4, -0.2) is 33.8 Å². The van der Waals surface area contributed by atoms with E-state index in [1.807, 2.05) is 35.0 Å². The Morgan fingerprint density at radius 3 is 2.88 bits per heavy atom. The van der Waals surface area contributed by atoms with Gasteiger partial charge in [-0.15, -0.1) is 12.4 Å². The van der Waals surface area contributed by atoms with Crippen LogP contribution in [0.4, 0.5) is 0 Å². The van der Waals surface area contributed by atoms with Gasteiger partial charge in [0.2, 0.25) is 0 Å². The molecular weight excluding hydrogens is 381 g/mol. The summed E-state index contributed by atoms with van der Waals surface area (Å²) in [6.45, 7) is 1.08. The van der Waals surface area contributed by atoms with Gasteiger partial charge in [0, 0.05) is 29.6 Å². The molecule has 25 heavy (non-hydrogen) atoms. The smallest absolute Gasteiger partial charge is 0.187 e. The molecule has 0 aliphatic carbocycles. The fraction of sp³-hybridized carbons (Fsp3) is 0.412. The molecule has 1 aromatic heterocycles. The molecule has 0 amide bonds. The molecule has 5 nitrogen and oxygen atoms in total. The van der Waals surface area contributed by atoms with Crippen molar-refractivity contribution in [2.24, 2.45) is 0 Å². The summed E-state index contributed by atoms with van der Waals surface area (Å²) in [5.41, 5.74) is 1.19. The second-order valence-electron chi connectivity index (χ2n) is 5.73. The van der Waals surface area contributed by atoms with Crippen molar-refractivity contribution in [3.8, 4) is 5.40 Å². The maximum atomic E-state index is 8.73. The van der Waals surface area contributed by atoms with Gasteiger partial charge in [0.05, 0.1) is 25.6 Å². The van der Waals surface area contributed by atoms with Gasteiger partial charge in [-0.3, -0.25) is 0 Å². The number of nitrogens with zero attached hydrogens (tertiary/aromatic N) is 3. The largest absolute Gasteiger partial charge is 0.345 e. The Kier molecular flexibility index (Phi) is 7.60. The molecule has 3 rings (SSSR count). The number of thioether (sulfide) groups is 1. The Morgan fingerprint density at radius 1 is 1.40 bits per heavy atom. The lowest BCUT2D eigenvalue weighted by Crippen LogP contribution is -2.37. The van der Waals surface area contributed by atoms with E-state index in [0.29, 0.717) is 18.9 Å². The van der Waals surface area contributed by atoms with E-state index in [2.05, 4.69) is 10.4 Å². The summed E-state index contributed by atoms with van der Waals surface area (Å²) in [5.74, 6) is -0.0792. The van der Waals surface area contributed by atoms with E-state index in [1.165, 1.54) is 17.3 Å². The topological polar surface area (TPSA) is 60.1 Å². The maximum absolute atomic E-state index is 8.73. The Labute approximate surface area is 162 Å². The molecule has 2 aromatic rings. The molecule has 0 unspecified atom stereocenters. The number of aromatic nitrogens is 2. The highest BCUT2D eigenvalue weighted by Crippen LogP contribution is 2.32. The van der Waals surface area contributed by atoms with Gasteiger partial charge >= 0.3 is 0 Å². The summed E-state index contributed by atoms with van der Waals surface area (Å²) in [6, 6.07) is 7.82. The number of hydrogen-bond acceptors (Lipinski definition) is 5. The molecule has 0 bridgehead atoms. The van der Waals surface area contributed by atoms with Crippen LogP contribution in [0, 0.1) is 10.7 Å². The first-order chi connectivity index (χ1) is 11.7. The third-order valence-electron chi connectivity index (χ3n) is 3.94. The summed E-state index contributed by atoms with van der Waals surface area (Å²) in [6.07, 6.45) is 6.88. The minimum absolute atomic E-state index is 0. The first kappa shape index (κ1) is 20.1. The van der Waals surface area contributed by atoms with Crippen molar-refractivity contribution >= 4 is 35.8 Å². The van der Waals surface area contributed by atoms with Crippen molar-refractivity contribution < 1.29 is 9.47 Å². The van der Waals surface area contributed by atoms with Crippen molar-refractivity contribution in [1.82, 2.24) is 9.55 Å². The van der Waals surface area contributed by atoms with Gasteiger partial charge in [-0.1, -0.05) is 23.7 Å². The number of benzene rings is 1. The number of thiocyanates is 1. The summed E-state index contributed by atoms with van der Waals surface area (Å²) < 4.78 is 14.2. The minimum Gasteiger partial charge on any atom is -0.345 e. The van der Waals surface area contributed by atoms with Crippen LogP contribution in [0.5, 0.6) is 0 Å². The lowest BCUT2D eigenvalue weighted by Gasteiger charge is -2.28. The quantitative estimate of drug-likeness (QED) is 0.660. The van der Waals surface area contributed by atoms with Gasteiger partial charge < -0.3 is 14.0 Å². The molecule has 2 heterocycles. The van der Waals surface area contributed by atoms with Crippen LogP contribution in [0.15, 0.2) is 43.0 Å². The van der Waals surface area contributed by atoms with Crippen LogP contribution in [0.1, 0.15) is 12.0 Å². The van der Waals surface area contributed by atoms with E-state index in [-0.39, 0.29) is 18.5 Å². The van der Waals surface area contributed by atoms with Gasteiger partial charge in [0.25, 0.3) is 0 Å². The van der Waals surface area contributed by atoms with Crippen LogP contribution < -0.4 is 0 Å². The SMILES string of the molecule is Cl.N#CSC[C@@H]1CO[C@@](CCc2ccc(Cl)cc2)(Cn2ccnc2)O1. The number of halogens is 2. The van der Waals surface area contributed by atoms with Gasteiger partial charge in [-0.05, 0) is 35.9 Å². The molecule has 134 valence electrons. The molecule has 0 saturated carbocycles. The predicted octanol–water partition coefficient (Wildman–Crippen LogP) is 3.92. The number of imidazole rings is 1. The molecule has 1 saturated heterocycles. The average Bonchev–Trinajstić information content (AvgIpc) is 3.23. The highest BCUT2D eigenvalue weighted by atomic mass is 35.5. The zero-order valence-corrected chi connectivity index (χ0v) is 15.9. The van der Waals surface area contributed by atoms with Gasteiger partial charge in [0.1, 0.15) is 5.40 Å². The van der Waals surface area contributed by atoms with E-state index in [0.717, 1.165) is 17.9 Å². The fourth-order valence-corrected chi connectivity index (χ4v) is 3.32. The summed E-state index contributed by atoms with van der Waals surface area (Å²) in [4.78, 5) is 4.08. The molecular formula is C17H19Cl2N3O2S. The molecule has 1 fully saturated rings. The van der Waals surface area contributed by atoms with Crippen molar-refractivity contribution in [3.63, 3.8) is 0 Å². The second-order valence-corrected chi connectivity index (χ2v) is 6.97. The number of nitriles is 1. The summed E-state index contributed by atoms with van der Waals surface area (Å²) in [5, 5.41) is 11.5. The van der Waals surface area contributed by atoms with E-state index in [1.54, 1.807) is 12.5 Å². The van der Waals surface area contributed by atoms with Crippen LogP contribution in [0.3, 0.4) is 0 Å². The third-order valence-corrected chi connectivity index (χ3v) is 4.86. The van der Waals surface area contributed by atoms with E-state index >= 15 is 0 Å². The fourth-order valence-electron chi connectivity index (χ4n) is 2.77. The molecule has 8 heteroatoms. The normalized spacial score (nSPS) is 22.3. The van der Waals surface area contributed by atoms with Crippen molar-refractivity contribution in [1.29, 1.82) is 5.26 Å². The summed E-state index contributed by atoms with van der Waals surface area (Å²) >= 11 is 7.14. The van der Waals surface area contributed by atoms with Crippen molar-refractivity contribution in [3.05, 3.63) is 53.6 Å². The van der Waals surface area contributed by atoms with Gasteiger partial charge in [-0.2, -0.15) is 5.26 Å². The molecule has 1 aliphatic heterocycles. The lowest BCUT2D eigenvalue weighted by molar-refractivity contribution is -0.180. The Bertz CT molecular complexity index is 691. The standard InChI is InChI=1S/C17H18ClN3O2S.ClH/c18-15-3-1-14(2-4-15)5-6-17(11-21-8-7-20-13-21)22-9-16(23-17)10-24-12-19;/h1-4,7-8,13,16H,5-6,9-11H2;1H/t16-,17+;/m0./s1. The highest BCUT2D eigenvalue weighted by molar-refractivity contribution is 8.03. The molecule has 0 spiro atoms. The third kappa shape index (κ3) is 5.63. The monoisotopic (exact) mass is 399 g/mol. The molecule has 0 N–H and O–H groups in total. The summed E-state index contributed by atoms with van der Waals surface area (Å²) in [7, 11) is 0. The van der Waals surface area contributed by atoms with Crippen LogP contribution in [-0.2, 0) is 22.4 Å². The number of rotatable bonds is 7. The zero-order chi connectivity index (χ0) is 16.8. The van der Waals surface area contributed by atoms with Crippen LogP contribution in [0.25, 0.3) is 0 Å². The van der Waals surface area contributed by atoms with E-state index in [9.17, 15) is 0 Å². The molecule has 0 radical (unpaired) electrons. The number of hydrogen-bond donors (Lipinski definition) is 0. The lowest BCUT2D eigenvalue weighted by atomic mass is 10.0. The maximum Gasteiger partial charge on any atom is 0.187 e. The molecule has 1 aliphatic rings. The molecule has 2 atom stereocenters. The van der Waals surface area contributed by atoms with Crippen molar-refractivity contribution in [2.75, 3.05) is 12.4 Å². The second kappa shape index (κ2) is 9.46. The minimum atomic E-state index is -0.693. The van der Waals surface area contributed by atoms with E-state index in [4.69, 9.17) is 26.3 Å².